The van der Waals surface area contributed by atoms with Crippen molar-refractivity contribution >= 4 is 5.82 Å². The molecule has 0 amide bonds. The molecule has 1 saturated heterocycles. The molecule has 0 radical (unpaired) electrons. The number of aromatic nitrogens is 1. The molecule has 0 bridgehead atoms. The second kappa shape index (κ2) is 4.88. The number of rotatable bonds is 4. The fourth-order valence-electron chi connectivity index (χ4n) is 2.73. The third-order valence-corrected chi connectivity index (χ3v) is 4.00. The maximum atomic E-state index is 4.68. The second-order valence-corrected chi connectivity index (χ2v) is 5.98. The van der Waals surface area contributed by atoms with Crippen LogP contribution in [0.15, 0.2) is 12.3 Å². The van der Waals surface area contributed by atoms with Crippen molar-refractivity contribution in [1.82, 2.24) is 10.3 Å². The van der Waals surface area contributed by atoms with E-state index in [1.165, 1.54) is 36.2 Å². The van der Waals surface area contributed by atoms with Gasteiger partial charge in [-0.15, -0.1) is 0 Å². The summed E-state index contributed by atoms with van der Waals surface area (Å²) in [6.45, 7) is 7.80. The molecule has 3 rings (SSSR count). The number of hydrogen-bond acceptors (Lipinski definition) is 3. The molecule has 98 valence electrons. The SMILES string of the molecule is Cc1cc(CNC2CC2)cnc1N1CCC(C)C1. The molecule has 1 saturated carbocycles. The molecule has 0 aromatic carbocycles. The van der Waals surface area contributed by atoms with E-state index in [-0.39, 0.29) is 0 Å². The molecule has 3 heteroatoms. The summed E-state index contributed by atoms with van der Waals surface area (Å²) in [5, 5.41) is 3.54. The van der Waals surface area contributed by atoms with Crippen LogP contribution in [0.1, 0.15) is 37.3 Å². The van der Waals surface area contributed by atoms with E-state index in [2.05, 4.69) is 35.1 Å². The molecule has 1 aliphatic carbocycles. The van der Waals surface area contributed by atoms with Crippen LogP contribution in [-0.2, 0) is 6.54 Å². The zero-order valence-corrected chi connectivity index (χ0v) is 11.4. The van der Waals surface area contributed by atoms with Crippen molar-refractivity contribution < 1.29 is 0 Å². The van der Waals surface area contributed by atoms with Crippen LogP contribution in [0, 0.1) is 12.8 Å². The maximum Gasteiger partial charge on any atom is 0.131 e. The summed E-state index contributed by atoms with van der Waals surface area (Å²) in [7, 11) is 0. The van der Waals surface area contributed by atoms with Crippen LogP contribution < -0.4 is 10.2 Å². The normalized spacial score (nSPS) is 23.7. The van der Waals surface area contributed by atoms with Gasteiger partial charge in [0.2, 0.25) is 0 Å². The van der Waals surface area contributed by atoms with Crippen molar-refractivity contribution in [3.05, 3.63) is 23.4 Å². The molecule has 1 aliphatic heterocycles. The van der Waals surface area contributed by atoms with Crippen molar-refractivity contribution in [2.24, 2.45) is 5.92 Å². The summed E-state index contributed by atoms with van der Waals surface area (Å²) >= 11 is 0. The number of aryl methyl sites for hydroxylation is 1. The van der Waals surface area contributed by atoms with Gasteiger partial charge in [-0.2, -0.15) is 0 Å². The molecule has 1 aromatic heterocycles. The van der Waals surface area contributed by atoms with Gasteiger partial charge in [0.1, 0.15) is 5.82 Å². The van der Waals surface area contributed by atoms with Gasteiger partial charge < -0.3 is 10.2 Å². The number of nitrogens with zero attached hydrogens (tertiary/aromatic N) is 2. The Kier molecular flexibility index (Phi) is 3.25. The first kappa shape index (κ1) is 12.0. The molecule has 1 aromatic rings. The molecule has 1 unspecified atom stereocenters. The Labute approximate surface area is 110 Å². The van der Waals surface area contributed by atoms with Crippen molar-refractivity contribution in [2.45, 2.75) is 45.7 Å². The van der Waals surface area contributed by atoms with Crippen LogP contribution in [0.4, 0.5) is 5.82 Å². The van der Waals surface area contributed by atoms with Crippen LogP contribution in [0.5, 0.6) is 0 Å². The Morgan fingerprint density at radius 3 is 2.83 bits per heavy atom. The van der Waals surface area contributed by atoms with Gasteiger partial charge in [-0.1, -0.05) is 6.92 Å². The minimum Gasteiger partial charge on any atom is -0.356 e. The molecular formula is C15H23N3. The van der Waals surface area contributed by atoms with Gasteiger partial charge in [0.05, 0.1) is 0 Å². The van der Waals surface area contributed by atoms with Gasteiger partial charge >= 0.3 is 0 Å². The van der Waals surface area contributed by atoms with Gasteiger partial charge in [-0.25, -0.2) is 4.98 Å². The number of nitrogens with one attached hydrogen (secondary N) is 1. The van der Waals surface area contributed by atoms with E-state index in [4.69, 9.17) is 0 Å². The van der Waals surface area contributed by atoms with E-state index >= 15 is 0 Å². The van der Waals surface area contributed by atoms with Crippen LogP contribution in [0.25, 0.3) is 0 Å². The molecule has 2 heterocycles. The third-order valence-electron chi connectivity index (χ3n) is 4.00. The fourth-order valence-corrected chi connectivity index (χ4v) is 2.73. The highest BCUT2D eigenvalue weighted by molar-refractivity contribution is 5.48. The van der Waals surface area contributed by atoms with Crippen LogP contribution in [0.2, 0.25) is 0 Å². The zero-order valence-electron chi connectivity index (χ0n) is 11.4. The maximum absolute atomic E-state index is 4.68. The second-order valence-electron chi connectivity index (χ2n) is 5.98. The summed E-state index contributed by atoms with van der Waals surface area (Å²) in [6, 6.07) is 3.06. The van der Waals surface area contributed by atoms with Gasteiger partial charge in [0, 0.05) is 31.9 Å². The number of hydrogen-bond donors (Lipinski definition) is 1. The Morgan fingerprint density at radius 2 is 2.22 bits per heavy atom. The Morgan fingerprint density at radius 1 is 1.39 bits per heavy atom. The standard InChI is InChI=1S/C15H23N3/c1-11-5-6-18(10-11)15-12(2)7-13(9-17-15)8-16-14-3-4-14/h7,9,11,14,16H,3-6,8,10H2,1-2H3. The minimum atomic E-state index is 0.768. The van der Waals surface area contributed by atoms with Crippen LogP contribution in [-0.4, -0.2) is 24.1 Å². The fraction of sp³-hybridized carbons (Fsp3) is 0.667. The van der Waals surface area contributed by atoms with E-state index in [9.17, 15) is 0 Å². The van der Waals surface area contributed by atoms with Crippen molar-refractivity contribution in [1.29, 1.82) is 0 Å². The number of pyridine rings is 1. The summed E-state index contributed by atoms with van der Waals surface area (Å²) in [6.07, 6.45) is 6.03. The molecule has 1 atom stereocenters. The lowest BCUT2D eigenvalue weighted by atomic mass is 10.2. The first-order chi connectivity index (χ1) is 8.72. The summed E-state index contributed by atoms with van der Waals surface area (Å²) in [5.74, 6) is 2.00. The first-order valence-corrected chi connectivity index (χ1v) is 7.16. The molecule has 2 aliphatic rings. The zero-order chi connectivity index (χ0) is 12.5. The molecule has 18 heavy (non-hydrogen) atoms. The first-order valence-electron chi connectivity index (χ1n) is 7.16. The van der Waals surface area contributed by atoms with Gasteiger partial charge in [-0.05, 0) is 49.3 Å². The van der Waals surface area contributed by atoms with Gasteiger partial charge in [0.15, 0.2) is 0 Å². The van der Waals surface area contributed by atoms with Gasteiger partial charge in [-0.3, -0.25) is 0 Å². The highest BCUT2D eigenvalue weighted by Crippen LogP contribution is 2.25. The van der Waals surface area contributed by atoms with E-state index in [0.29, 0.717) is 0 Å². The topological polar surface area (TPSA) is 28.2 Å². The Bertz CT molecular complexity index is 426. The van der Waals surface area contributed by atoms with Crippen molar-refractivity contribution in [3.63, 3.8) is 0 Å². The lowest BCUT2D eigenvalue weighted by molar-refractivity contribution is 0.658. The summed E-state index contributed by atoms with van der Waals surface area (Å²) in [5.41, 5.74) is 2.63. The largest absolute Gasteiger partial charge is 0.356 e. The Balaban J connectivity index is 1.67. The molecule has 1 N–H and O–H groups in total. The highest BCUT2D eigenvalue weighted by Gasteiger charge is 2.22. The van der Waals surface area contributed by atoms with Gasteiger partial charge in [0.25, 0.3) is 0 Å². The summed E-state index contributed by atoms with van der Waals surface area (Å²) in [4.78, 5) is 7.11. The average molecular weight is 245 g/mol. The average Bonchev–Trinajstić information content (AvgIpc) is 3.09. The van der Waals surface area contributed by atoms with Crippen LogP contribution >= 0.6 is 0 Å². The van der Waals surface area contributed by atoms with E-state index in [0.717, 1.165) is 31.6 Å². The molecule has 3 nitrogen and oxygen atoms in total. The van der Waals surface area contributed by atoms with E-state index in [1.54, 1.807) is 0 Å². The third kappa shape index (κ3) is 2.66. The van der Waals surface area contributed by atoms with Crippen LogP contribution in [0.3, 0.4) is 0 Å². The number of anilines is 1. The molecule has 2 fully saturated rings. The predicted molar refractivity (Wildman–Crippen MR) is 74.8 cm³/mol. The smallest absolute Gasteiger partial charge is 0.131 e. The Hall–Kier alpha value is -1.09. The summed E-state index contributed by atoms with van der Waals surface area (Å²) < 4.78 is 0. The predicted octanol–water partition coefficient (Wildman–Crippen LogP) is 2.49. The molecule has 0 spiro atoms. The lowest BCUT2D eigenvalue weighted by Crippen LogP contribution is -2.22. The lowest BCUT2D eigenvalue weighted by Gasteiger charge is -2.19. The molecular weight excluding hydrogens is 222 g/mol. The van der Waals surface area contributed by atoms with Crippen molar-refractivity contribution in [2.75, 3.05) is 18.0 Å². The van der Waals surface area contributed by atoms with E-state index < -0.39 is 0 Å². The monoisotopic (exact) mass is 245 g/mol. The van der Waals surface area contributed by atoms with E-state index in [1.807, 2.05) is 6.20 Å². The quantitative estimate of drug-likeness (QED) is 0.883. The minimum absolute atomic E-state index is 0.768. The highest BCUT2D eigenvalue weighted by atomic mass is 15.2. The van der Waals surface area contributed by atoms with Crippen molar-refractivity contribution in [3.8, 4) is 0 Å².